The van der Waals surface area contributed by atoms with Crippen LogP contribution in [0.1, 0.15) is 19.8 Å². The van der Waals surface area contributed by atoms with Gasteiger partial charge in [0.1, 0.15) is 5.92 Å². The number of nitrogens with two attached hydrogens (primary N) is 1. The van der Waals surface area contributed by atoms with E-state index < -0.39 is 11.8 Å². The number of carbonyl (C=O) groups is 2. The van der Waals surface area contributed by atoms with Gasteiger partial charge in [0, 0.05) is 13.6 Å². The van der Waals surface area contributed by atoms with E-state index in [1.807, 2.05) is 0 Å². The van der Waals surface area contributed by atoms with E-state index in [-0.39, 0.29) is 5.91 Å². The minimum atomic E-state index is -0.716. The first-order chi connectivity index (χ1) is 7.91. The van der Waals surface area contributed by atoms with Crippen molar-refractivity contribution in [1.82, 2.24) is 9.80 Å². The molecule has 0 spiro atoms. The van der Waals surface area contributed by atoms with E-state index >= 15 is 0 Å². The van der Waals surface area contributed by atoms with Crippen LogP contribution >= 0.6 is 0 Å². The first kappa shape index (κ1) is 14.0. The third kappa shape index (κ3) is 4.00. The van der Waals surface area contributed by atoms with Gasteiger partial charge in [0.05, 0.1) is 0 Å². The second-order valence-electron chi connectivity index (χ2n) is 5.09. The van der Waals surface area contributed by atoms with Crippen LogP contribution in [-0.2, 0) is 9.59 Å². The molecule has 0 aromatic carbocycles. The topological polar surface area (TPSA) is 66.6 Å². The average molecular weight is 241 g/mol. The van der Waals surface area contributed by atoms with Crippen LogP contribution in [0.4, 0.5) is 0 Å². The number of primary amides is 1. The molecule has 1 unspecified atom stereocenters. The summed E-state index contributed by atoms with van der Waals surface area (Å²) in [4.78, 5) is 26.7. The second kappa shape index (κ2) is 6.00. The van der Waals surface area contributed by atoms with Crippen molar-refractivity contribution in [1.29, 1.82) is 0 Å². The number of amides is 2. The van der Waals surface area contributed by atoms with Crippen molar-refractivity contribution in [2.24, 2.45) is 17.6 Å². The van der Waals surface area contributed by atoms with Gasteiger partial charge in [-0.2, -0.15) is 0 Å². The quantitative estimate of drug-likeness (QED) is 0.699. The summed E-state index contributed by atoms with van der Waals surface area (Å²) in [5.74, 6) is -0.895. The standard InChI is InChI=1S/C12H23N3O2/c1-9(11(13)16)12(17)15(3)8-10-4-6-14(2)7-5-10/h9-10H,4-8H2,1-3H3,(H2,13,16). The van der Waals surface area contributed by atoms with E-state index in [1.165, 1.54) is 0 Å². The number of likely N-dealkylation sites (tertiary alicyclic amines) is 1. The first-order valence-corrected chi connectivity index (χ1v) is 6.14. The molecule has 1 rings (SSSR count). The largest absolute Gasteiger partial charge is 0.369 e. The molecular weight excluding hydrogens is 218 g/mol. The van der Waals surface area contributed by atoms with Crippen molar-refractivity contribution < 1.29 is 9.59 Å². The number of nitrogens with zero attached hydrogens (tertiary/aromatic N) is 2. The molecular formula is C12H23N3O2. The van der Waals surface area contributed by atoms with Gasteiger partial charge in [-0.3, -0.25) is 9.59 Å². The first-order valence-electron chi connectivity index (χ1n) is 6.14. The van der Waals surface area contributed by atoms with E-state index in [1.54, 1.807) is 18.9 Å². The van der Waals surface area contributed by atoms with Crippen molar-refractivity contribution in [3.8, 4) is 0 Å². The van der Waals surface area contributed by atoms with Gasteiger partial charge >= 0.3 is 0 Å². The average Bonchev–Trinajstić information content (AvgIpc) is 2.30. The van der Waals surface area contributed by atoms with Crippen molar-refractivity contribution in [2.45, 2.75) is 19.8 Å². The van der Waals surface area contributed by atoms with Crippen molar-refractivity contribution in [3.63, 3.8) is 0 Å². The highest BCUT2D eigenvalue weighted by Crippen LogP contribution is 2.17. The number of rotatable bonds is 4. The fraction of sp³-hybridized carbons (Fsp3) is 0.833. The Hall–Kier alpha value is -1.10. The Morgan fingerprint density at radius 2 is 1.94 bits per heavy atom. The zero-order chi connectivity index (χ0) is 13.0. The number of hydrogen-bond donors (Lipinski definition) is 1. The van der Waals surface area contributed by atoms with Gasteiger partial charge in [-0.05, 0) is 45.8 Å². The minimum Gasteiger partial charge on any atom is -0.369 e. The van der Waals surface area contributed by atoms with Crippen molar-refractivity contribution >= 4 is 11.8 Å². The van der Waals surface area contributed by atoms with E-state index in [4.69, 9.17) is 5.73 Å². The summed E-state index contributed by atoms with van der Waals surface area (Å²) >= 11 is 0. The van der Waals surface area contributed by atoms with E-state index in [9.17, 15) is 9.59 Å². The molecule has 98 valence electrons. The molecule has 1 heterocycles. The summed E-state index contributed by atoms with van der Waals surface area (Å²) in [6.45, 7) is 4.45. The molecule has 0 aromatic heterocycles. The Bertz CT molecular complexity index is 285. The number of piperidine rings is 1. The molecule has 1 atom stereocenters. The molecule has 2 N–H and O–H groups in total. The Morgan fingerprint density at radius 3 is 2.41 bits per heavy atom. The smallest absolute Gasteiger partial charge is 0.234 e. The van der Waals surface area contributed by atoms with Gasteiger partial charge in [-0.1, -0.05) is 0 Å². The van der Waals surface area contributed by atoms with Gasteiger partial charge in [0.25, 0.3) is 0 Å². The van der Waals surface area contributed by atoms with E-state index in [0.717, 1.165) is 32.5 Å². The molecule has 17 heavy (non-hydrogen) atoms. The summed E-state index contributed by atoms with van der Waals surface area (Å²) in [5.41, 5.74) is 5.13. The molecule has 0 aromatic rings. The van der Waals surface area contributed by atoms with Crippen LogP contribution in [-0.4, -0.2) is 55.3 Å². The van der Waals surface area contributed by atoms with E-state index in [2.05, 4.69) is 11.9 Å². The van der Waals surface area contributed by atoms with Gasteiger partial charge in [-0.15, -0.1) is 0 Å². The molecule has 5 heteroatoms. The maximum atomic E-state index is 11.8. The zero-order valence-corrected chi connectivity index (χ0v) is 11.0. The van der Waals surface area contributed by atoms with Crippen LogP contribution in [0, 0.1) is 11.8 Å². The number of carbonyl (C=O) groups excluding carboxylic acids is 2. The molecule has 1 aliphatic rings. The molecule has 1 saturated heterocycles. The fourth-order valence-electron chi connectivity index (χ4n) is 2.17. The summed E-state index contributed by atoms with van der Waals surface area (Å²) in [5, 5.41) is 0. The highest BCUT2D eigenvalue weighted by atomic mass is 16.2. The van der Waals surface area contributed by atoms with Crippen molar-refractivity contribution in [2.75, 3.05) is 33.7 Å². The molecule has 1 aliphatic heterocycles. The Balaban J connectivity index is 2.41. The van der Waals surface area contributed by atoms with Gasteiger partial charge < -0.3 is 15.5 Å². The summed E-state index contributed by atoms with van der Waals surface area (Å²) in [7, 11) is 3.86. The summed E-state index contributed by atoms with van der Waals surface area (Å²) in [6, 6.07) is 0. The highest BCUT2D eigenvalue weighted by molar-refractivity contribution is 5.98. The monoisotopic (exact) mass is 241 g/mol. The van der Waals surface area contributed by atoms with Crippen LogP contribution in [0.25, 0.3) is 0 Å². The SMILES string of the molecule is CC(C(N)=O)C(=O)N(C)CC1CCN(C)CC1. The maximum Gasteiger partial charge on any atom is 0.234 e. The van der Waals surface area contributed by atoms with E-state index in [0.29, 0.717) is 5.92 Å². The van der Waals surface area contributed by atoms with Crippen LogP contribution in [0.15, 0.2) is 0 Å². The lowest BCUT2D eigenvalue weighted by atomic mass is 9.96. The lowest BCUT2D eigenvalue weighted by molar-refractivity contribution is -0.139. The molecule has 0 saturated carbocycles. The Labute approximate surface area is 103 Å². The van der Waals surface area contributed by atoms with Gasteiger partial charge in [0.15, 0.2) is 0 Å². The molecule has 5 nitrogen and oxygen atoms in total. The minimum absolute atomic E-state index is 0.170. The highest BCUT2D eigenvalue weighted by Gasteiger charge is 2.25. The normalized spacial score (nSPS) is 19.9. The lowest BCUT2D eigenvalue weighted by Gasteiger charge is -2.32. The number of hydrogen-bond acceptors (Lipinski definition) is 3. The maximum absolute atomic E-state index is 11.8. The van der Waals surface area contributed by atoms with Gasteiger partial charge in [-0.25, -0.2) is 0 Å². The molecule has 2 amide bonds. The molecule has 1 fully saturated rings. The van der Waals surface area contributed by atoms with Crippen LogP contribution in [0.5, 0.6) is 0 Å². The third-order valence-corrected chi connectivity index (χ3v) is 3.54. The Morgan fingerprint density at radius 1 is 1.41 bits per heavy atom. The van der Waals surface area contributed by atoms with Crippen LogP contribution in [0.2, 0.25) is 0 Å². The van der Waals surface area contributed by atoms with Crippen LogP contribution < -0.4 is 5.73 Å². The summed E-state index contributed by atoms with van der Waals surface area (Å²) in [6.07, 6.45) is 2.22. The third-order valence-electron chi connectivity index (χ3n) is 3.54. The zero-order valence-electron chi connectivity index (χ0n) is 11.0. The molecule has 0 radical (unpaired) electrons. The predicted molar refractivity (Wildman–Crippen MR) is 66.2 cm³/mol. The van der Waals surface area contributed by atoms with Crippen molar-refractivity contribution in [3.05, 3.63) is 0 Å². The lowest BCUT2D eigenvalue weighted by Crippen LogP contribution is -2.42. The fourth-order valence-corrected chi connectivity index (χ4v) is 2.17. The Kier molecular flexibility index (Phi) is 4.93. The predicted octanol–water partition coefficient (Wildman–Crippen LogP) is -0.0920. The molecule has 0 bridgehead atoms. The van der Waals surface area contributed by atoms with Crippen LogP contribution in [0.3, 0.4) is 0 Å². The molecule has 0 aliphatic carbocycles. The van der Waals surface area contributed by atoms with Gasteiger partial charge in [0.2, 0.25) is 11.8 Å². The second-order valence-corrected chi connectivity index (χ2v) is 5.09. The summed E-state index contributed by atoms with van der Waals surface area (Å²) < 4.78 is 0.